The molecule has 2 aromatic rings. The molecule has 2 aliphatic rings. The van der Waals surface area contributed by atoms with Gasteiger partial charge in [-0.1, -0.05) is 32.0 Å². The number of aromatic nitrogens is 1. The van der Waals surface area contributed by atoms with E-state index in [0.717, 1.165) is 63.1 Å². The minimum Gasteiger partial charge on any atom is -0.347 e. The quantitative estimate of drug-likeness (QED) is 0.539. The van der Waals surface area contributed by atoms with Crippen molar-refractivity contribution in [3.05, 3.63) is 59.9 Å². The summed E-state index contributed by atoms with van der Waals surface area (Å²) in [5.74, 6) is 0.153. The van der Waals surface area contributed by atoms with E-state index < -0.39 is 9.84 Å². The number of piperidine rings is 1. The molecule has 1 aromatic carbocycles. The summed E-state index contributed by atoms with van der Waals surface area (Å²) in [6.07, 6.45) is 6.26. The van der Waals surface area contributed by atoms with E-state index in [1.807, 2.05) is 36.9 Å². The van der Waals surface area contributed by atoms with Crippen LogP contribution >= 0.6 is 0 Å². The van der Waals surface area contributed by atoms with Crippen molar-refractivity contribution in [1.29, 1.82) is 0 Å². The Morgan fingerprint density at radius 3 is 2.32 bits per heavy atom. The van der Waals surface area contributed by atoms with E-state index in [0.29, 0.717) is 11.4 Å². The van der Waals surface area contributed by atoms with Crippen LogP contribution in [0.1, 0.15) is 56.8 Å². The topological polar surface area (TPSA) is 99.7 Å². The largest absolute Gasteiger partial charge is 0.347 e. The van der Waals surface area contributed by atoms with Gasteiger partial charge in [0.05, 0.1) is 22.0 Å². The molecule has 8 nitrogen and oxygen atoms in total. The molecule has 1 unspecified atom stereocenters. The van der Waals surface area contributed by atoms with Gasteiger partial charge < -0.3 is 15.1 Å². The molecule has 1 aromatic heterocycles. The van der Waals surface area contributed by atoms with Crippen molar-refractivity contribution in [2.75, 3.05) is 32.4 Å². The molecule has 3 heterocycles. The molecule has 0 radical (unpaired) electrons. The smallest absolute Gasteiger partial charge is 0.229 e. The number of nitrogens with zero attached hydrogens (tertiary/aromatic N) is 3. The van der Waals surface area contributed by atoms with Crippen LogP contribution < -0.4 is 5.32 Å². The Labute approximate surface area is 220 Å². The maximum Gasteiger partial charge on any atom is 0.229 e. The number of carbonyl (C=O) groups is 2. The Balaban J connectivity index is 1.31. The number of rotatable bonds is 9. The Morgan fingerprint density at radius 1 is 1.05 bits per heavy atom. The van der Waals surface area contributed by atoms with Gasteiger partial charge >= 0.3 is 0 Å². The Kier molecular flexibility index (Phi) is 8.33. The summed E-state index contributed by atoms with van der Waals surface area (Å²) in [7, 11) is -3.23. The zero-order chi connectivity index (χ0) is 26.6. The third-order valence-electron chi connectivity index (χ3n) is 7.76. The number of sulfone groups is 1. The first-order chi connectivity index (χ1) is 17.6. The first kappa shape index (κ1) is 27.3. The maximum atomic E-state index is 13.4. The lowest BCUT2D eigenvalue weighted by atomic mass is 9.77. The highest BCUT2D eigenvalue weighted by molar-refractivity contribution is 7.90. The summed E-state index contributed by atoms with van der Waals surface area (Å²) >= 11 is 0. The van der Waals surface area contributed by atoms with Crippen LogP contribution in [0.4, 0.5) is 0 Å². The number of carbonyl (C=O) groups excluding carboxylic acids is 2. The van der Waals surface area contributed by atoms with Crippen LogP contribution in [-0.2, 0) is 26.0 Å². The lowest BCUT2D eigenvalue weighted by molar-refractivity contribution is -0.139. The van der Waals surface area contributed by atoms with Gasteiger partial charge in [-0.2, -0.15) is 0 Å². The number of benzene rings is 1. The lowest BCUT2D eigenvalue weighted by Gasteiger charge is -2.38. The second kappa shape index (κ2) is 11.3. The second-order valence-electron chi connectivity index (χ2n) is 10.8. The average Bonchev–Trinajstić information content (AvgIpc) is 3.17. The van der Waals surface area contributed by atoms with Crippen molar-refractivity contribution >= 4 is 21.7 Å². The van der Waals surface area contributed by atoms with Crippen molar-refractivity contribution in [3.63, 3.8) is 0 Å². The average molecular weight is 527 g/mol. The number of nitrogens with one attached hydrogen (secondary N) is 1. The predicted molar refractivity (Wildman–Crippen MR) is 142 cm³/mol. The van der Waals surface area contributed by atoms with Crippen LogP contribution in [0.3, 0.4) is 0 Å². The number of pyridine rings is 1. The molecule has 2 aliphatic heterocycles. The van der Waals surface area contributed by atoms with E-state index in [1.54, 1.807) is 30.5 Å². The molecular weight excluding hydrogens is 488 g/mol. The van der Waals surface area contributed by atoms with E-state index >= 15 is 0 Å². The summed E-state index contributed by atoms with van der Waals surface area (Å²) in [5.41, 5.74) is 1.52. The summed E-state index contributed by atoms with van der Waals surface area (Å²) in [6, 6.07) is 12.5. The molecule has 0 saturated carbocycles. The van der Waals surface area contributed by atoms with Crippen molar-refractivity contribution in [2.24, 2.45) is 11.3 Å². The Morgan fingerprint density at radius 2 is 1.73 bits per heavy atom. The van der Waals surface area contributed by atoms with Gasteiger partial charge in [-0.15, -0.1) is 0 Å². The third-order valence-corrected chi connectivity index (χ3v) is 8.89. The maximum absolute atomic E-state index is 13.4. The van der Waals surface area contributed by atoms with Crippen molar-refractivity contribution in [2.45, 2.75) is 57.0 Å². The molecule has 200 valence electrons. The molecule has 37 heavy (non-hydrogen) atoms. The van der Waals surface area contributed by atoms with Gasteiger partial charge in [-0.3, -0.25) is 14.6 Å². The van der Waals surface area contributed by atoms with Crippen LogP contribution in [0.15, 0.2) is 53.6 Å². The molecule has 9 heteroatoms. The monoisotopic (exact) mass is 526 g/mol. The third kappa shape index (κ3) is 6.57. The summed E-state index contributed by atoms with van der Waals surface area (Å²) in [6.45, 7) is 7.57. The van der Waals surface area contributed by atoms with E-state index in [1.165, 1.54) is 6.26 Å². The Bertz CT molecular complexity index is 1190. The van der Waals surface area contributed by atoms with Crippen molar-refractivity contribution < 1.29 is 18.0 Å². The lowest BCUT2D eigenvalue weighted by Crippen LogP contribution is -2.45. The van der Waals surface area contributed by atoms with Crippen molar-refractivity contribution in [3.8, 4) is 0 Å². The fourth-order valence-corrected chi connectivity index (χ4v) is 5.93. The zero-order valence-electron chi connectivity index (χ0n) is 22.0. The fourth-order valence-electron chi connectivity index (χ4n) is 5.30. The molecular formula is C28H38N4O4S. The highest BCUT2D eigenvalue weighted by Crippen LogP contribution is 2.42. The summed E-state index contributed by atoms with van der Waals surface area (Å²) < 4.78 is 23.4. The highest BCUT2D eigenvalue weighted by atomic mass is 32.2. The molecule has 0 bridgehead atoms. The van der Waals surface area contributed by atoms with Crippen molar-refractivity contribution in [1.82, 2.24) is 20.1 Å². The predicted octanol–water partition coefficient (Wildman–Crippen LogP) is 3.20. The van der Waals surface area contributed by atoms with Crippen LogP contribution in [0.2, 0.25) is 0 Å². The number of hydrogen-bond acceptors (Lipinski definition) is 6. The molecule has 1 spiro atoms. The molecule has 2 amide bonds. The van der Waals surface area contributed by atoms with Gasteiger partial charge in [0, 0.05) is 38.0 Å². The molecule has 4 rings (SSSR count). The minimum atomic E-state index is -3.23. The number of likely N-dealkylation sites (tertiary alicyclic amines) is 2. The van der Waals surface area contributed by atoms with Crippen LogP contribution in [0, 0.1) is 11.3 Å². The van der Waals surface area contributed by atoms with Crippen LogP contribution in [-0.4, -0.2) is 67.5 Å². The van der Waals surface area contributed by atoms with Gasteiger partial charge in [0.1, 0.15) is 0 Å². The molecule has 0 aliphatic carbocycles. The number of hydrogen-bond donors (Lipinski definition) is 1. The fraction of sp³-hybridized carbons (Fsp3) is 0.536. The van der Waals surface area contributed by atoms with Gasteiger partial charge in [-0.05, 0) is 68.6 Å². The SMILES string of the molecule is CC(C)C(=O)NC(CCN1CCC2(CC1)CCN(Cc1ccc(S(C)(=O)=O)cc1)C2=O)c1ccccn1. The summed E-state index contributed by atoms with van der Waals surface area (Å²) in [5, 5.41) is 3.15. The Hall–Kier alpha value is -2.78. The van der Waals surface area contributed by atoms with Gasteiger partial charge in [0.25, 0.3) is 0 Å². The van der Waals surface area contributed by atoms with E-state index in [9.17, 15) is 18.0 Å². The highest BCUT2D eigenvalue weighted by Gasteiger charge is 2.47. The number of amides is 2. The van der Waals surface area contributed by atoms with E-state index in [2.05, 4.69) is 15.2 Å². The molecule has 1 atom stereocenters. The first-order valence-electron chi connectivity index (χ1n) is 13.1. The van der Waals surface area contributed by atoms with Gasteiger partial charge in [-0.25, -0.2) is 8.42 Å². The first-order valence-corrected chi connectivity index (χ1v) is 15.0. The molecule has 2 saturated heterocycles. The van der Waals surface area contributed by atoms with Gasteiger partial charge in [0.15, 0.2) is 9.84 Å². The van der Waals surface area contributed by atoms with Crippen LogP contribution in [0.5, 0.6) is 0 Å². The zero-order valence-corrected chi connectivity index (χ0v) is 22.8. The molecule has 2 fully saturated rings. The van der Waals surface area contributed by atoms with E-state index in [4.69, 9.17) is 0 Å². The second-order valence-corrected chi connectivity index (χ2v) is 12.8. The minimum absolute atomic E-state index is 0.0239. The van der Waals surface area contributed by atoms with Gasteiger partial charge in [0.2, 0.25) is 11.8 Å². The standard InChI is InChI=1S/C28H38N4O4S/c1-21(2)26(33)30-25(24-6-4-5-15-29-24)11-16-31-17-12-28(13-18-31)14-19-32(27(28)34)20-22-7-9-23(10-8-22)37(3,35)36/h4-10,15,21,25H,11-14,16-20H2,1-3H3,(H,30,33). The summed E-state index contributed by atoms with van der Waals surface area (Å²) in [4.78, 5) is 34.9. The van der Waals surface area contributed by atoms with Crippen LogP contribution in [0.25, 0.3) is 0 Å². The normalized spacial score (nSPS) is 18.9. The molecule has 1 N–H and O–H groups in total. The van der Waals surface area contributed by atoms with E-state index in [-0.39, 0.29) is 29.2 Å².